The second kappa shape index (κ2) is 7.01. The minimum absolute atomic E-state index is 0.00932. The highest BCUT2D eigenvalue weighted by molar-refractivity contribution is 5.48. The summed E-state index contributed by atoms with van der Waals surface area (Å²) in [6.07, 6.45) is 14.9. The van der Waals surface area contributed by atoms with Gasteiger partial charge < -0.3 is 5.11 Å². The predicted octanol–water partition coefficient (Wildman–Crippen LogP) is 6.22. The highest BCUT2D eigenvalue weighted by Gasteiger charge is 2.24. The van der Waals surface area contributed by atoms with E-state index in [1.165, 1.54) is 11.1 Å². The first-order chi connectivity index (χ1) is 11.1. The predicted molar refractivity (Wildman–Crippen MR) is 105 cm³/mol. The number of aromatic hydroxyl groups is 1. The molecule has 1 unspecified atom stereocenters. The quantitative estimate of drug-likeness (QED) is 0.654. The van der Waals surface area contributed by atoms with E-state index in [0.717, 1.165) is 18.4 Å². The summed E-state index contributed by atoms with van der Waals surface area (Å²) in [7, 11) is 0. The molecule has 1 aromatic rings. The summed E-state index contributed by atoms with van der Waals surface area (Å²) in [6, 6.07) is 4.23. The van der Waals surface area contributed by atoms with Crippen molar-refractivity contribution in [1.82, 2.24) is 0 Å². The number of phenolic OH excluding ortho intramolecular Hbond substituents is 1. The summed E-state index contributed by atoms with van der Waals surface area (Å²) in [4.78, 5) is 0. The largest absolute Gasteiger partial charge is 0.508 e. The Labute approximate surface area is 147 Å². The van der Waals surface area contributed by atoms with Gasteiger partial charge in [-0.1, -0.05) is 84.1 Å². The Hall–Kier alpha value is -1.76. The van der Waals surface area contributed by atoms with Crippen molar-refractivity contribution < 1.29 is 5.11 Å². The number of hydrogen-bond acceptors (Lipinski definition) is 1. The van der Waals surface area contributed by atoms with E-state index in [9.17, 15) is 5.11 Å². The standard InChI is InChI=1S/C23H32O/c1-22(2,3)18-15-20(23(4,5)6)19(21(24)16-18)14-10-13-17-11-8-7-9-12-17/h7-11,13,15-17,24H,12,14H2,1-6H3. The van der Waals surface area contributed by atoms with Gasteiger partial charge in [-0.2, -0.15) is 0 Å². The van der Waals surface area contributed by atoms with E-state index < -0.39 is 0 Å². The molecule has 1 aliphatic carbocycles. The van der Waals surface area contributed by atoms with Gasteiger partial charge in [0, 0.05) is 5.56 Å². The second-order valence-electron chi connectivity index (χ2n) is 8.87. The van der Waals surface area contributed by atoms with E-state index in [4.69, 9.17) is 0 Å². The smallest absolute Gasteiger partial charge is 0.119 e. The molecule has 1 nitrogen and oxygen atoms in total. The fourth-order valence-electron chi connectivity index (χ4n) is 3.08. The zero-order chi connectivity index (χ0) is 18.0. The lowest BCUT2D eigenvalue weighted by molar-refractivity contribution is 0.458. The molecule has 0 heterocycles. The molecule has 0 spiro atoms. The Balaban J connectivity index is 2.32. The molecule has 0 bridgehead atoms. The molecule has 0 aromatic heterocycles. The van der Waals surface area contributed by atoms with Gasteiger partial charge >= 0.3 is 0 Å². The van der Waals surface area contributed by atoms with Crippen LogP contribution in [0.2, 0.25) is 0 Å². The second-order valence-corrected chi connectivity index (χ2v) is 8.87. The molecule has 24 heavy (non-hydrogen) atoms. The van der Waals surface area contributed by atoms with Gasteiger partial charge in [-0.3, -0.25) is 0 Å². The van der Waals surface area contributed by atoms with Crippen LogP contribution in [0.1, 0.15) is 64.7 Å². The fraction of sp³-hybridized carbons (Fsp3) is 0.478. The van der Waals surface area contributed by atoms with Crippen LogP contribution >= 0.6 is 0 Å². The molecule has 0 fully saturated rings. The van der Waals surface area contributed by atoms with E-state index in [2.05, 4.69) is 84.1 Å². The van der Waals surface area contributed by atoms with Crippen LogP contribution in [0.5, 0.6) is 5.75 Å². The summed E-state index contributed by atoms with van der Waals surface area (Å²) < 4.78 is 0. The molecular formula is C23H32O. The third-order valence-corrected chi connectivity index (χ3v) is 4.62. The number of allylic oxidation sites excluding steroid dienone is 6. The van der Waals surface area contributed by atoms with E-state index in [-0.39, 0.29) is 10.8 Å². The number of rotatable bonds is 3. The van der Waals surface area contributed by atoms with Crippen molar-refractivity contribution in [2.24, 2.45) is 5.92 Å². The molecule has 1 heteroatoms. The van der Waals surface area contributed by atoms with Crippen LogP contribution < -0.4 is 0 Å². The van der Waals surface area contributed by atoms with Gasteiger partial charge in [0.2, 0.25) is 0 Å². The molecule has 130 valence electrons. The van der Waals surface area contributed by atoms with E-state index >= 15 is 0 Å². The Morgan fingerprint density at radius 2 is 1.75 bits per heavy atom. The maximum absolute atomic E-state index is 10.7. The van der Waals surface area contributed by atoms with Crippen molar-refractivity contribution in [3.63, 3.8) is 0 Å². The Kier molecular flexibility index (Phi) is 5.42. The summed E-state index contributed by atoms with van der Waals surface area (Å²) in [5.41, 5.74) is 3.54. The lowest BCUT2D eigenvalue weighted by Gasteiger charge is -2.28. The van der Waals surface area contributed by atoms with Crippen LogP contribution in [-0.4, -0.2) is 5.11 Å². The van der Waals surface area contributed by atoms with Gasteiger partial charge in [-0.25, -0.2) is 0 Å². The normalized spacial score (nSPS) is 18.5. The first kappa shape index (κ1) is 18.6. The van der Waals surface area contributed by atoms with Crippen LogP contribution in [0.15, 0.2) is 48.6 Å². The van der Waals surface area contributed by atoms with Gasteiger partial charge in [0.15, 0.2) is 0 Å². The lowest BCUT2D eigenvalue weighted by Crippen LogP contribution is -2.18. The van der Waals surface area contributed by atoms with Crippen molar-refractivity contribution in [3.05, 3.63) is 65.3 Å². The van der Waals surface area contributed by atoms with Gasteiger partial charge in [0.25, 0.3) is 0 Å². The van der Waals surface area contributed by atoms with Crippen molar-refractivity contribution in [2.75, 3.05) is 0 Å². The van der Waals surface area contributed by atoms with E-state index in [1.54, 1.807) is 0 Å². The van der Waals surface area contributed by atoms with Crippen LogP contribution in [-0.2, 0) is 17.3 Å². The summed E-state index contributed by atoms with van der Waals surface area (Å²) >= 11 is 0. The zero-order valence-electron chi connectivity index (χ0n) is 16.1. The molecular weight excluding hydrogens is 292 g/mol. The van der Waals surface area contributed by atoms with Crippen LogP contribution in [0.3, 0.4) is 0 Å². The maximum atomic E-state index is 10.7. The van der Waals surface area contributed by atoms with E-state index in [0.29, 0.717) is 11.7 Å². The zero-order valence-corrected chi connectivity index (χ0v) is 16.1. The molecule has 0 aliphatic heterocycles. The van der Waals surface area contributed by atoms with Gasteiger partial charge in [0.1, 0.15) is 5.75 Å². The van der Waals surface area contributed by atoms with Gasteiger partial charge in [-0.15, -0.1) is 0 Å². The van der Waals surface area contributed by atoms with Gasteiger partial charge in [0.05, 0.1) is 0 Å². The summed E-state index contributed by atoms with van der Waals surface area (Å²) in [5, 5.41) is 10.7. The molecule has 1 atom stereocenters. The number of benzene rings is 1. The third kappa shape index (κ3) is 4.63. The van der Waals surface area contributed by atoms with Crippen LogP contribution in [0.25, 0.3) is 0 Å². The molecule has 0 radical (unpaired) electrons. The monoisotopic (exact) mass is 324 g/mol. The van der Waals surface area contributed by atoms with Crippen molar-refractivity contribution >= 4 is 0 Å². The molecule has 1 aliphatic rings. The molecule has 1 aromatic carbocycles. The highest BCUT2D eigenvalue weighted by atomic mass is 16.3. The highest BCUT2D eigenvalue weighted by Crippen LogP contribution is 2.37. The minimum Gasteiger partial charge on any atom is -0.508 e. The van der Waals surface area contributed by atoms with Crippen molar-refractivity contribution in [3.8, 4) is 5.75 Å². The molecule has 1 N–H and O–H groups in total. The lowest BCUT2D eigenvalue weighted by atomic mass is 9.77. The summed E-state index contributed by atoms with van der Waals surface area (Å²) in [5.74, 6) is 0.903. The first-order valence-corrected chi connectivity index (χ1v) is 8.96. The average molecular weight is 325 g/mol. The third-order valence-electron chi connectivity index (χ3n) is 4.62. The Morgan fingerprint density at radius 1 is 1.04 bits per heavy atom. The fourth-order valence-corrected chi connectivity index (χ4v) is 3.08. The Morgan fingerprint density at radius 3 is 2.29 bits per heavy atom. The minimum atomic E-state index is 0.00932. The van der Waals surface area contributed by atoms with Crippen LogP contribution in [0, 0.1) is 5.92 Å². The first-order valence-electron chi connectivity index (χ1n) is 8.96. The number of phenols is 1. The average Bonchev–Trinajstić information content (AvgIpc) is 2.47. The SMILES string of the molecule is CC(C)(C)c1cc(O)c(CC=CC2C=CC=CC2)c(C(C)(C)C)c1. The maximum Gasteiger partial charge on any atom is 0.119 e. The van der Waals surface area contributed by atoms with Gasteiger partial charge in [-0.05, 0) is 46.8 Å². The molecule has 0 saturated carbocycles. The van der Waals surface area contributed by atoms with Crippen molar-refractivity contribution in [1.29, 1.82) is 0 Å². The molecule has 0 amide bonds. The topological polar surface area (TPSA) is 20.2 Å². The Bertz CT molecular complexity index is 661. The summed E-state index contributed by atoms with van der Waals surface area (Å²) in [6.45, 7) is 13.2. The van der Waals surface area contributed by atoms with Crippen LogP contribution in [0.4, 0.5) is 0 Å². The molecule has 0 saturated heterocycles. The van der Waals surface area contributed by atoms with E-state index in [1.807, 2.05) is 6.07 Å². The molecule has 2 rings (SSSR count). The van der Waals surface area contributed by atoms with Crippen molar-refractivity contribution in [2.45, 2.75) is 65.2 Å². The number of hydrogen-bond donors (Lipinski definition) is 1.